The molecular weight excluding hydrogens is 376 g/mol. The number of carbonyl (C=O) groups excluding carboxylic acids is 1. The Bertz CT molecular complexity index is 1140. The lowest BCUT2D eigenvalue weighted by atomic mass is 10.1. The van der Waals surface area contributed by atoms with Crippen molar-refractivity contribution < 1.29 is 9.53 Å². The second kappa shape index (κ2) is 9.05. The third-order valence-corrected chi connectivity index (χ3v) is 4.77. The molecule has 0 saturated carbocycles. The first-order chi connectivity index (χ1) is 14.7. The molecule has 0 aliphatic carbocycles. The molecule has 4 aromatic rings. The predicted octanol–water partition coefficient (Wildman–Crippen LogP) is 4.35. The molecule has 0 unspecified atom stereocenters. The van der Waals surface area contributed by atoms with Crippen molar-refractivity contribution in [3.8, 4) is 5.75 Å². The largest absolute Gasteiger partial charge is 0.497 e. The van der Waals surface area contributed by atoms with Crippen molar-refractivity contribution in [1.29, 1.82) is 0 Å². The van der Waals surface area contributed by atoms with Crippen molar-refractivity contribution in [2.24, 2.45) is 0 Å². The molecule has 0 atom stereocenters. The van der Waals surface area contributed by atoms with Crippen LogP contribution in [0.5, 0.6) is 5.75 Å². The van der Waals surface area contributed by atoms with Gasteiger partial charge in [-0.3, -0.25) is 9.78 Å². The van der Waals surface area contributed by atoms with Crippen LogP contribution in [0.15, 0.2) is 79.1 Å². The summed E-state index contributed by atoms with van der Waals surface area (Å²) in [6.45, 7) is 0.536. The minimum atomic E-state index is -0.193. The summed E-state index contributed by atoms with van der Waals surface area (Å²) >= 11 is 0. The van der Waals surface area contributed by atoms with Gasteiger partial charge in [0.2, 0.25) is 0 Å². The Morgan fingerprint density at radius 2 is 1.80 bits per heavy atom. The van der Waals surface area contributed by atoms with Crippen LogP contribution >= 0.6 is 0 Å². The monoisotopic (exact) mass is 398 g/mol. The maximum absolute atomic E-state index is 12.4. The van der Waals surface area contributed by atoms with E-state index in [1.54, 1.807) is 25.6 Å². The highest BCUT2D eigenvalue weighted by atomic mass is 16.5. The number of nitrogens with zero attached hydrogens (tertiary/aromatic N) is 2. The van der Waals surface area contributed by atoms with Gasteiger partial charge >= 0.3 is 0 Å². The molecule has 6 heteroatoms. The molecule has 2 heterocycles. The number of hydrogen-bond donors (Lipinski definition) is 2. The summed E-state index contributed by atoms with van der Waals surface area (Å²) in [5.74, 6) is 0.627. The number of nitrogens with one attached hydrogen (secondary N) is 2. The first-order valence-electron chi connectivity index (χ1n) is 9.71. The number of fused-ring (bicyclic) bond motifs is 1. The third-order valence-electron chi connectivity index (χ3n) is 4.77. The average molecular weight is 398 g/mol. The van der Waals surface area contributed by atoms with Gasteiger partial charge in [0, 0.05) is 18.1 Å². The predicted molar refractivity (Wildman–Crippen MR) is 118 cm³/mol. The van der Waals surface area contributed by atoms with E-state index in [9.17, 15) is 4.79 Å². The van der Waals surface area contributed by atoms with Crippen molar-refractivity contribution in [3.05, 3.63) is 90.4 Å². The minimum Gasteiger partial charge on any atom is -0.497 e. The molecular formula is C24H22N4O2. The molecule has 0 aliphatic heterocycles. The van der Waals surface area contributed by atoms with Crippen molar-refractivity contribution in [2.45, 2.75) is 6.42 Å². The van der Waals surface area contributed by atoms with Gasteiger partial charge in [-0.05, 0) is 48.4 Å². The Balaban J connectivity index is 1.35. The number of benzene rings is 2. The summed E-state index contributed by atoms with van der Waals surface area (Å²) in [5.41, 5.74) is 4.09. The van der Waals surface area contributed by atoms with Crippen molar-refractivity contribution in [1.82, 2.24) is 15.3 Å². The molecule has 2 aromatic carbocycles. The van der Waals surface area contributed by atoms with E-state index in [2.05, 4.69) is 20.6 Å². The summed E-state index contributed by atoms with van der Waals surface area (Å²) in [6, 6.07) is 21.3. The Kier molecular flexibility index (Phi) is 5.85. The van der Waals surface area contributed by atoms with Gasteiger partial charge in [0.25, 0.3) is 5.91 Å². The number of anilines is 2. The van der Waals surface area contributed by atoms with E-state index >= 15 is 0 Å². The highest BCUT2D eigenvalue weighted by molar-refractivity contribution is 5.93. The van der Waals surface area contributed by atoms with Gasteiger partial charge in [0.1, 0.15) is 11.4 Å². The second-order valence-electron chi connectivity index (χ2n) is 6.79. The number of ether oxygens (including phenoxy) is 1. The maximum Gasteiger partial charge on any atom is 0.269 e. The van der Waals surface area contributed by atoms with Crippen LogP contribution in [0.4, 0.5) is 11.4 Å². The fourth-order valence-electron chi connectivity index (χ4n) is 3.17. The van der Waals surface area contributed by atoms with Crippen molar-refractivity contribution >= 4 is 28.2 Å². The molecule has 0 saturated heterocycles. The summed E-state index contributed by atoms with van der Waals surface area (Å²) in [6.07, 6.45) is 4.16. The highest BCUT2D eigenvalue weighted by Gasteiger charge is 2.08. The smallest absolute Gasteiger partial charge is 0.269 e. The molecule has 0 radical (unpaired) electrons. The molecule has 30 heavy (non-hydrogen) atoms. The number of methoxy groups -OCH3 is 1. The van der Waals surface area contributed by atoms with Crippen LogP contribution in [0.2, 0.25) is 0 Å². The van der Waals surface area contributed by atoms with Gasteiger partial charge in [-0.15, -0.1) is 0 Å². The first kappa shape index (κ1) is 19.4. The standard InChI is InChI=1S/C24H22N4O2/c1-30-20-10-7-17(8-11-20)13-15-26-24(29)22-12-9-19(16-27-22)28-21-6-2-4-18-5-3-14-25-23(18)21/h2-12,14,16,28H,13,15H2,1H3,(H,26,29). The number of para-hydroxylation sites is 1. The van der Waals surface area contributed by atoms with Crippen LogP contribution < -0.4 is 15.4 Å². The summed E-state index contributed by atoms with van der Waals surface area (Å²) in [7, 11) is 1.64. The molecule has 150 valence electrons. The number of aromatic nitrogens is 2. The summed E-state index contributed by atoms with van der Waals surface area (Å²) in [4.78, 5) is 21.1. The van der Waals surface area contributed by atoms with Crippen LogP contribution in [-0.4, -0.2) is 29.5 Å². The molecule has 4 rings (SSSR count). The molecule has 0 fully saturated rings. The second-order valence-corrected chi connectivity index (χ2v) is 6.79. The molecule has 6 nitrogen and oxygen atoms in total. The average Bonchev–Trinajstić information content (AvgIpc) is 2.80. The van der Waals surface area contributed by atoms with E-state index in [0.29, 0.717) is 12.2 Å². The fourth-order valence-corrected chi connectivity index (χ4v) is 3.17. The number of hydrogen-bond acceptors (Lipinski definition) is 5. The zero-order valence-electron chi connectivity index (χ0n) is 16.6. The molecule has 1 amide bonds. The lowest BCUT2D eigenvalue weighted by Gasteiger charge is -2.10. The van der Waals surface area contributed by atoms with E-state index in [-0.39, 0.29) is 5.91 Å². The van der Waals surface area contributed by atoms with Crippen LogP contribution in [0.3, 0.4) is 0 Å². The van der Waals surface area contributed by atoms with Gasteiger partial charge in [-0.25, -0.2) is 4.98 Å². The van der Waals surface area contributed by atoms with Crippen LogP contribution in [0, 0.1) is 0 Å². The van der Waals surface area contributed by atoms with Gasteiger partial charge < -0.3 is 15.4 Å². The van der Waals surface area contributed by atoms with Gasteiger partial charge in [0.05, 0.1) is 30.2 Å². The first-order valence-corrected chi connectivity index (χ1v) is 9.71. The number of rotatable bonds is 7. The minimum absolute atomic E-state index is 0.193. The van der Waals surface area contributed by atoms with Gasteiger partial charge in [-0.1, -0.05) is 30.3 Å². The quantitative estimate of drug-likeness (QED) is 0.484. The molecule has 2 aromatic heterocycles. The highest BCUT2D eigenvalue weighted by Crippen LogP contribution is 2.24. The van der Waals surface area contributed by atoms with E-state index in [4.69, 9.17) is 4.74 Å². The van der Waals surface area contributed by atoms with E-state index in [1.165, 1.54) is 0 Å². The molecule has 0 spiro atoms. The Morgan fingerprint density at radius 3 is 2.57 bits per heavy atom. The third kappa shape index (κ3) is 4.55. The van der Waals surface area contributed by atoms with E-state index in [0.717, 1.165) is 40.0 Å². The van der Waals surface area contributed by atoms with Crippen molar-refractivity contribution in [3.63, 3.8) is 0 Å². The van der Waals surface area contributed by atoms with E-state index < -0.39 is 0 Å². The van der Waals surface area contributed by atoms with Gasteiger partial charge in [-0.2, -0.15) is 0 Å². The van der Waals surface area contributed by atoms with E-state index in [1.807, 2.05) is 60.7 Å². The normalized spacial score (nSPS) is 10.6. The summed E-state index contributed by atoms with van der Waals surface area (Å²) in [5, 5.41) is 7.29. The fraction of sp³-hybridized carbons (Fsp3) is 0.125. The topological polar surface area (TPSA) is 76.1 Å². The Hall–Kier alpha value is -3.93. The lowest BCUT2D eigenvalue weighted by Crippen LogP contribution is -2.26. The number of carbonyl (C=O) groups is 1. The molecule has 0 bridgehead atoms. The molecule has 0 aliphatic rings. The van der Waals surface area contributed by atoms with Gasteiger partial charge in [0.15, 0.2) is 0 Å². The van der Waals surface area contributed by atoms with Crippen molar-refractivity contribution in [2.75, 3.05) is 19.0 Å². The molecule has 2 N–H and O–H groups in total. The van der Waals surface area contributed by atoms with Crippen LogP contribution in [0.25, 0.3) is 10.9 Å². The van der Waals surface area contributed by atoms with Crippen LogP contribution in [0.1, 0.15) is 16.1 Å². The Morgan fingerprint density at radius 1 is 0.967 bits per heavy atom. The SMILES string of the molecule is COc1ccc(CCNC(=O)c2ccc(Nc3cccc4cccnc34)cn2)cc1. The number of amides is 1. The van der Waals surface area contributed by atoms with Crippen LogP contribution in [-0.2, 0) is 6.42 Å². The lowest BCUT2D eigenvalue weighted by molar-refractivity contribution is 0.0949. The Labute approximate surface area is 175 Å². The zero-order valence-corrected chi connectivity index (χ0v) is 16.6. The maximum atomic E-state index is 12.4. The summed E-state index contributed by atoms with van der Waals surface area (Å²) < 4.78 is 5.15. The number of pyridine rings is 2. The zero-order chi connectivity index (χ0) is 20.8.